The van der Waals surface area contributed by atoms with Crippen molar-refractivity contribution in [2.24, 2.45) is 11.7 Å². The van der Waals surface area contributed by atoms with Gasteiger partial charge in [0.25, 0.3) is 0 Å². The van der Waals surface area contributed by atoms with Gasteiger partial charge in [0.15, 0.2) is 0 Å². The van der Waals surface area contributed by atoms with Crippen LogP contribution in [0.4, 0.5) is 0 Å². The predicted molar refractivity (Wildman–Crippen MR) is 80.2 cm³/mol. The van der Waals surface area contributed by atoms with E-state index in [4.69, 9.17) is 5.73 Å². The largest absolute Gasteiger partial charge is 0.336 e. The number of benzene rings is 1. The molecule has 108 valence electrons. The normalized spacial score (nSPS) is 23.9. The maximum atomic E-state index is 12.5. The fourth-order valence-electron chi connectivity index (χ4n) is 3.36. The van der Waals surface area contributed by atoms with Crippen LogP contribution in [0.5, 0.6) is 0 Å². The van der Waals surface area contributed by atoms with Gasteiger partial charge in [-0.15, -0.1) is 0 Å². The summed E-state index contributed by atoms with van der Waals surface area (Å²) in [7, 11) is 0. The number of nitrogens with two attached hydrogens (primary N) is 1. The van der Waals surface area contributed by atoms with Crippen LogP contribution < -0.4 is 5.73 Å². The molecule has 1 heterocycles. The van der Waals surface area contributed by atoms with Crippen LogP contribution in [-0.4, -0.2) is 23.4 Å². The highest BCUT2D eigenvalue weighted by Gasteiger charge is 2.35. The number of aryl methyl sites for hydroxylation is 1. The van der Waals surface area contributed by atoms with E-state index in [9.17, 15) is 4.79 Å². The molecule has 1 amide bonds. The third-order valence-electron chi connectivity index (χ3n) is 4.76. The lowest BCUT2D eigenvalue weighted by Crippen LogP contribution is -2.36. The van der Waals surface area contributed by atoms with Gasteiger partial charge in [-0.3, -0.25) is 4.79 Å². The molecule has 1 aliphatic heterocycles. The van der Waals surface area contributed by atoms with Crippen molar-refractivity contribution in [1.82, 2.24) is 4.90 Å². The third-order valence-corrected chi connectivity index (χ3v) is 4.76. The van der Waals surface area contributed by atoms with Gasteiger partial charge >= 0.3 is 0 Å². The average Bonchev–Trinajstić information content (AvgIpc) is 3.17. The molecule has 2 N–H and O–H groups in total. The first-order chi connectivity index (χ1) is 9.66. The molecular formula is C17H24N2O. The van der Waals surface area contributed by atoms with Crippen LogP contribution in [-0.2, 0) is 4.79 Å². The molecule has 3 nitrogen and oxygen atoms in total. The zero-order valence-electron chi connectivity index (χ0n) is 12.2. The number of nitrogens with zero attached hydrogens (tertiary/aromatic N) is 1. The van der Waals surface area contributed by atoms with Gasteiger partial charge in [0.1, 0.15) is 0 Å². The van der Waals surface area contributed by atoms with Gasteiger partial charge in [0, 0.05) is 19.0 Å². The Morgan fingerprint density at radius 3 is 2.80 bits per heavy atom. The van der Waals surface area contributed by atoms with E-state index >= 15 is 0 Å². The molecule has 2 atom stereocenters. The predicted octanol–water partition coefficient (Wildman–Crippen LogP) is 2.79. The number of hydrogen-bond donors (Lipinski definition) is 1. The van der Waals surface area contributed by atoms with Crippen molar-refractivity contribution in [2.45, 2.75) is 51.1 Å². The first kappa shape index (κ1) is 13.6. The van der Waals surface area contributed by atoms with Crippen LogP contribution in [0.25, 0.3) is 0 Å². The summed E-state index contributed by atoms with van der Waals surface area (Å²) in [4.78, 5) is 14.6. The minimum absolute atomic E-state index is 0.0700. The van der Waals surface area contributed by atoms with E-state index in [0.29, 0.717) is 12.3 Å². The molecule has 0 spiro atoms. The highest BCUT2D eigenvalue weighted by Crippen LogP contribution is 2.36. The zero-order chi connectivity index (χ0) is 14.1. The van der Waals surface area contributed by atoms with Gasteiger partial charge in [-0.05, 0) is 49.7 Å². The van der Waals surface area contributed by atoms with Gasteiger partial charge in [0.05, 0.1) is 6.04 Å². The average molecular weight is 272 g/mol. The Labute approximate surface area is 121 Å². The molecule has 2 unspecified atom stereocenters. The Balaban J connectivity index is 1.71. The van der Waals surface area contributed by atoms with Crippen molar-refractivity contribution in [3.05, 3.63) is 35.4 Å². The molecule has 1 saturated heterocycles. The molecule has 3 rings (SSSR count). The molecule has 1 aliphatic carbocycles. The first-order valence-corrected chi connectivity index (χ1v) is 7.77. The minimum Gasteiger partial charge on any atom is -0.336 e. The highest BCUT2D eigenvalue weighted by atomic mass is 16.2. The first-order valence-electron chi connectivity index (χ1n) is 7.77. The van der Waals surface area contributed by atoms with E-state index in [1.807, 2.05) is 0 Å². The van der Waals surface area contributed by atoms with Crippen LogP contribution >= 0.6 is 0 Å². The summed E-state index contributed by atoms with van der Waals surface area (Å²) in [5.74, 6) is 0.841. The number of carbonyl (C=O) groups excluding carboxylic acids is 1. The van der Waals surface area contributed by atoms with Crippen LogP contribution in [0.1, 0.15) is 49.3 Å². The summed E-state index contributed by atoms with van der Waals surface area (Å²) in [5.41, 5.74) is 8.70. The standard InChI is InChI=1S/C17H24N2O/c1-12-5-2-3-6-14(12)16-7-4-10-19(16)17(20)11-15(18)13-8-9-13/h2-3,5-6,13,15-16H,4,7-11,18H2,1H3. The molecule has 3 heteroatoms. The summed E-state index contributed by atoms with van der Waals surface area (Å²) in [6, 6.07) is 8.75. The molecule has 0 aromatic heterocycles. The summed E-state index contributed by atoms with van der Waals surface area (Å²) < 4.78 is 0. The zero-order valence-corrected chi connectivity index (χ0v) is 12.2. The minimum atomic E-state index is 0.0700. The SMILES string of the molecule is Cc1ccccc1C1CCCN1C(=O)CC(N)C1CC1. The molecule has 1 saturated carbocycles. The molecule has 2 aliphatic rings. The fraction of sp³-hybridized carbons (Fsp3) is 0.588. The highest BCUT2D eigenvalue weighted by molar-refractivity contribution is 5.77. The van der Waals surface area contributed by atoms with Crippen molar-refractivity contribution >= 4 is 5.91 Å². The summed E-state index contributed by atoms with van der Waals surface area (Å²) in [5, 5.41) is 0. The van der Waals surface area contributed by atoms with Crippen LogP contribution in [0.2, 0.25) is 0 Å². The van der Waals surface area contributed by atoms with Gasteiger partial charge in [0.2, 0.25) is 5.91 Å². The van der Waals surface area contributed by atoms with Crippen LogP contribution in [0, 0.1) is 12.8 Å². The van der Waals surface area contributed by atoms with Crippen molar-refractivity contribution < 1.29 is 4.79 Å². The second-order valence-electron chi connectivity index (χ2n) is 6.31. The van der Waals surface area contributed by atoms with Crippen LogP contribution in [0.3, 0.4) is 0 Å². The van der Waals surface area contributed by atoms with Gasteiger partial charge in [-0.2, -0.15) is 0 Å². The number of likely N-dealkylation sites (tertiary alicyclic amines) is 1. The number of rotatable bonds is 4. The molecule has 0 radical (unpaired) electrons. The summed E-state index contributed by atoms with van der Waals surface area (Å²) in [6.45, 7) is 3.02. The molecule has 2 fully saturated rings. The Morgan fingerprint density at radius 2 is 2.10 bits per heavy atom. The molecule has 1 aromatic rings. The number of amides is 1. The Kier molecular flexibility index (Phi) is 3.79. The van der Waals surface area contributed by atoms with E-state index in [0.717, 1.165) is 19.4 Å². The maximum Gasteiger partial charge on any atom is 0.224 e. The Bertz CT molecular complexity index is 496. The second-order valence-corrected chi connectivity index (χ2v) is 6.31. The lowest BCUT2D eigenvalue weighted by atomic mass is 9.99. The number of hydrogen-bond acceptors (Lipinski definition) is 2. The van der Waals surface area contributed by atoms with Crippen molar-refractivity contribution in [3.63, 3.8) is 0 Å². The second kappa shape index (κ2) is 5.57. The smallest absolute Gasteiger partial charge is 0.224 e. The molecule has 0 bridgehead atoms. The third kappa shape index (κ3) is 2.73. The van der Waals surface area contributed by atoms with Gasteiger partial charge in [-0.25, -0.2) is 0 Å². The van der Waals surface area contributed by atoms with Crippen molar-refractivity contribution in [2.75, 3.05) is 6.54 Å². The van der Waals surface area contributed by atoms with Gasteiger partial charge < -0.3 is 10.6 Å². The summed E-state index contributed by atoms with van der Waals surface area (Å²) >= 11 is 0. The fourth-order valence-corrected chi connectivity index (χ4v) is 3.36. The molecule has 20 heavy (non-hydrogen) atoms. The van der Waals surface area contributed by atoms with Crippen LogP contribution in [0.15, 0.2) is 24.3 Å². The summed E-state index contributed by atoms with van der Waals surface area (Å²) in [6.07, 6.45) is 5.11. The molecule has 1 aromatic carbocycles. The van der Waals surface area contributed by atoms with E-state index < -0.39 is 0 Å². The Morgan fingerprint density at radius 1 is 1.35 bits per heavy atom. The number of carbonyl (C=O) groups is 1. The van der Waals surface area contributed by atoms with Crippen molar-refractivity contribution in [1.29, 1.82) is 0 Å². The van der Waals surface area contributed by atoms with E-state index in [2.05, 4.69) is 36.1 Å². The quantitative estimate of drug-likeness (QED) is 0.916. The van der Waals surface area contributed by atoms with E-state index in [1.165, 1.54) is 24.0 Å². The van der Waals surface area contributed by atoms with Gasteiger partial charge in [-0.1, -0.05) is 24.3 Å². The van der Waals surface area contributed by atoms with E-state index in [1.54, 1.807) is 0 Å². The topological polar surface area (TPSA) is 46.3 Å². The monoisotopic (exact) mass is 272 g/mol. The maximum absolute atomic E-state index is 12.5. The van der Waals surface area contributed by atoms with E-state index in [-0.39, 0.29) is 18.0 Å². The lowest BCUT2D eigenvalue weighted by molar-refractivity contribution is -0.132. The molecular weight excluding hydrogens is 248 g/mol. The Hall–Kier alpha value is -1.35. The lowest BCUT2D eigenvalue weighted by Gasteiger charge is -2.27. The van der Waals surface area contributed by atoms with Crippen molar-refractivity contribution in [3.8, 4) is 0 Å².